The van der Waals surface area contributed by atoms with Crippen LogP contribution in [0.2, 0.25) is 0 Å². The van der Waals surface area contributed by atoms with Crippen molar-refractivity contribution in [3.05, 3.63) is 0 Å². The van der Waals surface area contributed by atoms with Crippen LogP contribution in [0.5, 0.6) is 0 Å². The van der Waals surface area contributed by atoms with Gasteiger partial charge in [0.25, 0.3) is 0 Å². The normalized spacial score (nSPS) is 25.2. The van der Waals surface area contributed by atoms with E-state index in [4.69, 9.17) is 0 Å². The Hall–Kier alpha value is -0.0800. The molecule has 1 rings (SSSR count). The lowest BCUT2D eigenvalue weighted by atomic mass is 9.92. The van der Waals surface area contributed by atoms with Crippen molar-refractivity contribution >= 4 is 0 Å². The first-order valence-corrected chi connectivity index (χ1v) is 5.16. The molecule has 2 heteroatoms. The molecule has 0 aliphatic carbocycles. The monoisotopic (exact) mass is 170 g/mol. The molecular formula is C10H22N2. The van der Waals surface area contributed by atoms with Crippen LogP contribution >= 0.6 is 0 Å². The average Bonchev–Trinajstić information content (AvgIpc) is 2.28. The molecule has 1 N–H and O–H groups in total. The van der Waals surface area contributed by atoms with E-state index >= 15 is 0 Å². The van der Waals surface area contributed by atoms with E-state index in [0.717, 1.165) is 0 Å². The Morgan fingerprint density at radius 1 is 1.33 bits per heavy atom. The second kappa shape index (κ2) is 4.24. The molecule has 0 saturated carbocycles. The molecule has 2 nitrogen and oxygen atoms in total. The van der Waals surface area contributed by atoms with E-state index in [1.807, 2.05) is 0 Å². The van der Waals surface area contributed by atoms with E-state index in [1.165, 1.54) is 38.9 Å². The third-order valence-corrected chi connectivity index (χ3v) is 3.14. The van der Waals surface area contributed by atoms with Crippen molar-refractivity contribution in [3.8, 4) is 0 Å². The van der Waals surface area contributed by atoms with Gasteiger partial charge in [-0.3, -0.25) is 0 Å². The highest BCUT2D eigenvalue weighted by atomic mass is 15.2. The van der Waals surface area contributed by atoms with Crippen molar-refractivity contribution < 1.29 is 0 Å². The summed E-state index contributed by atoms with van der Waals surface area (Å²) < 4.78 is 0. The Morgan fingerprint density at radius 2 is 2.00 bits per heavy atom. The summed E-state index contributed by atoms with van der Waals surface area (Å²) in [6, 6.07) is 0. The zero-order chi connectivity index (χ0) is 9.03. The van der Waals surface area contributed by atoms with Crippen molar-refractivity contribution in [1.82, 2.24) is 10.2 Å². The van der Waals surface area contributed by atoms with Crippen molar-refractivity contribution in [1.29, 1.82) is 0 Å². The minimum Gasteiger partial charge on any atom is -0.310 e. The predicted octanol–water partition coefficient (Wildman–Crippen LogP) is 1.47. The summed E-state index contributed by atoms with van der Waals surface area (Å²) in [6.45, 7) is 8.21. The number of hydrogen-bond donors (Lipinski definition) is 1. The highest BCUT2D eigenvalue weighted by Gasteiger charge is 2.28. The Balaban J connectivity index is 2.59. The van der Waals surface area contributed by atoms with Gasteiger partial charge in [-0.2, -0.15) is 0 Å². The molecule has 1 aliphatic rings. The van der Waals surface area contributed by atoms with E-state index in [1.54, 1.807) is 0 Å². The van der Waals surface area contributed by atoms with E-state index in [0.29, 0.717) is 5.54 Å². The number of hydrogen-bond acceptors (Lipinski definition) is 2. The second-order valence-corrected chi connectivity index (χ2v) is 4.01. The molecule has 0 bridgehead atoms. The summed E-state index contributed by atoms with van der Waals surface area (Å²) in [5.74, 6) is 0. The molecule has 0 unspecified atom stereocenters. The fourth-order valence-corrected chi connectivity index (χ4v) is 2.08. The molecule has 72 valence electrons. The van der Waals surface area contributed by atoms with E-state index in [9.17, 15) is 0 Å². The zero-order valence-corrected chi connectivity index (χ0v) is 8.69. The van der Waals surface area contributed by atoms with Crippen molar-refractivity contribution in [2.75, 3.05) is 26.7 Å². The van der Waals surface area contributed by atoms with Crippen molar-refractivity contribution in [3.63, 3.8) is 0 Å². The largest absolute Gasteiger partial charge is 0.310 e. The Bertz CT molecular complexity index is 130. The first kappa shape index (κ1) is 10.0. The average molecular weight is 170 g/mol. The first-order valence-electron chi connectivity index (χ1n) is 5.16. The number of likely N-dealkylation sites (N-methyl/N-ethyl adjacent to an activating group) is 1. The molecule has 0 aromatic heterocycles. The lowest BCUT2D eigenvalue weighted by molar-refractivity contribution is 0.226. The molecule has 1 aliphatic heterocycles. The van der Waals surface area contributed by atoms with Gasteiger partial charge in [-0.05, 0) is 39.4 Å². The quantitative estimate of drug-likeness (QED) is 0.675. The highest BCUT2D eigenvalue weighted by Crippen LogP contribution is 2.18. The van der Waals surface area contributed by atoms with E-state index < -0.39 is 0 Å². The predicted molar refractivity (Wildman–Crippen MR) is 53.4 cm³/mol. The maximum absolute atomic E-state index is 3.68. The maximum atomic E-state index is 3.68. The van der Waals surface area contributed by atoms with E-state index in [2.05, 4.69) is 31.1 Å². The minimum absolute atomic E-state index is 0.394. The van der Waals surface area contributed by atoms with Crippen LogP contribution in [0.3, 0.4) is 0 Å². The lowest BCUT2D eigenvalue weighted by Crippen LogP contribution is -2.49. The first-order chi connectivity index (χ1) is 5.72. The molecule has 1 heterocycles. The molecule has 0 atom stereocenters. The Labute approximate surface area is 76.3 Å². The van der Waals surface area contributed by atoms with Crippen LogP contribution in [-0.4, -0.2) is 37.1 Å². The van der Waals surface area contributed by atoms with Crippen LogP contribution in [0.15, 0.2) is 0 Å². The lowest BCUT2D eigenvalue weighted by Gasteiger charge is -2.34. The fraction of sp³-hybridized carbons (Fsp3) is 1.00. The third kappa shape index (κ3) is 2.20. The smallest absolute Gasteiger partial charge is 0.0303 e. The minimum atomic E-state index is 0.394. The number of rotatable bonds is 2. The highest BCUT2D eigenvalue weighted by molar-refractivity contribution is 4.90. The molecule has 1 fully saturated rings. The molecule has 0 amide bonds. The zero-order valence-electron chi connectivity index (χ0n) is 8.69. The van der Waals surface area contributed by atoms with Gasteiger partial charge in [0.1, 0.15) is 0 Å². The summed E-state index contributed by atoms with van der Waals surface area (Å²) in [5, 5.41) is 3.68. The number of nitrogens with one attached hydrogen (secondary N) is 1. The molecule has 0 aromatic carbocycles. The molecule has 0 aromatic rings. The molecule has 0 spiro atoms. The fourth-order valence-electron chi connectivity index (χ4n) is 2.08. The summed E-state index contributed by atoms with van der Waals surface area (Å²) in [7, 11) is 2.23. The van der Waals surface area contributed by atoms with Crippen LogP contribution in [0.25, 0.3) is 0 Å². The van der Waals surface area contributed by atoms with Gasteiger partial charge in [0.2, 0.25) is 0 Å². The Morgan fingerprint density at radius 3 is 2.58 bits per heavy atom. The van der Waals surface area contributed by atoms with Crippen LogP contribution in [0.1, 0.15) is 33.1 Å². The second-order valence-electron chi connectivity index (χ2n) is 4.01. The summed E-state index contributed by atoms with van der Waals surface area (Å²) in [4.78, 5) is 2.45. The van der Waals surface area contributed by atoms with Gasteiger partial charge in [-0.1, -0.05) is 13.8 Å². The van der Waals surface area contributed by atoms with Crippen LogP contribution in [-0.2, 0) is 0 Å². The SMILES string of the molecule is CCC1(CC)CN(C)CCCN1. The summed E-state index contributed by atoms with van der Waals surface area (Å²) in [5.41, 5.74) is 0.394. The van der Waals surface area contributed by atoms with Crippen LogP contribution in [0.4, 0.5) is 0 Å². The summed E-state index contributed by atoms with van der Waals surface area (Å²) in [6.07, 6.45) is 3.78. The van der Waals surface area contributed by atoms with Gasteiger partial charge in [0.15, 0.2) is 0 Å². The molecular weight excluding hydrogens is 148 g/mol. The van der Waals surface area contributed by atoms with Gasteiger partial charge >= 0.3 is 0 Å². The molecule has 1 saturated heterocycles. The summed E-state index contributed by atoms with van der Waals surface area (Å²) >= 11 is 0. The van der Waals surface area contributed by atoms with Crippen LogP contribution in [0, 0.1) is 0 Å². The third-order valence-electron chi connectivity index (χ3n) is 3.14. The van der Waals surface area contributed by atoms with Crippen LogP contribution < -0.4 is 5.32 Å². The van der Waals surface area contributed by atoms with Gasteiger partial charge in [0, 0.05) is 12.1 Å². The topological polar surface area (TPSA) is 15.3 Å². The standard InChI is InChI=1S/C10H22N2/c1-4-10(5-2)9-12(3)8-6-7-11-10/h11H,4-9H2,1-3H3. The van der Waals surface area contributed by atoms with Gasteiger partial charge in [0.05, 0.1) is 0 Å². The molecule has 0 radical (unpaired) electrons. The van der Waals surface area contributed by atoms with Crippen molar-refractivity contribution in [2.24, 2.45) is 0 Å². The van der Waals surface area contributed by atoms with E-state index in [-0.39, 0.29) is 0 Å². The van der Waals surface area contributed by atoms with Crippen molar-refractivity contribution in [2.45, 2.75) is 38.6 Å². The molecule has 12 heavy (non-hydrogen) atoms. The number of nitrogens with zero attached hydrogens (tertiary/aromatic N) is 1. The Kier molecular flexibility index (Phi) is 3.53. The van der Waals surface area contributed by atoms with Gasteiger partial charge < -0.3 is 10.2 Å². The maximum Gasteiger partial charge on any atom is 0.0303 e. The van der Waals surface area contributed by atoms with Gasteiger partial charge in [-0.25, -0.2) is 0 Å². The van der Waals surface area contributed by atoms with Gasteiger partial charge in [-0.15, -0.1) is 0 Å².